The Hall–Kier alpha value is -3.34. The van der Waals surface area contributed by atoms with Gasteiger partial charge in [-0.3, -0.25) is 4.79 Å². The Morgan fingerprint density at radius 2 is 1.81 bits per heavy atom. The Kier molecular flexibility index (Phi) is 4.50. The van der Waals surface area contributed by atoms with Crippen LogP contribution in [0.5, 0.6) is 0 Å². The number of rotatable bonds is 5. The number of carbonyl (C=O) groups excluding carboxylic acids is 1. The highest BCUT2D eigenvalue weighted by Crippen LogP contribution is 2.21. The molecule has 0 bridgehead atoms. The molecule has 4 rings (SSSR count). The summed E-state index contributed by atoms with van der Waals surface area (Å²) < 4.78 is 7.60. The molecule has 4 aromatic rings. The van der Waals surface area contributed by atoms with E-state index in [0.717, 1.165) is 27.9 Å². The number of aryl methyl sites for hydroxylation is 2. The zero-order chi connectivity index (χ0) is 18.8. The number of benzene rings is 2. The summed E-state index contributed by atoms with van der Waals surface area (Å²) >= 11 is 0. The first kappa shape index (κ1) is 17.1. The molecule has 0 aliphatic rings. The number of carbonyl (C=O) groups is 1. The average Bonchev–Trinajstić information content (AvgIpc) is 3.21. The maximum atomic E-state index is 12.9. The van der Waals surface area contributed by atoms with E-state index in [9.17, 15) is 4.79 Å². The van der Waals surface area contributed by atoms with Crippen molar-refractivity contribution in [3.8, 4) is 0 Å². The van der Waals surface area contributed by atoms with Crippen LogP contribution >= 0.6 is 0 Å². The van der Waals surface area contributed by atoms with Gasteiger partial charge >= 0.3 is 0 Å². The van der Waals surface area contributed by atoms with Gasteiger partial charge in [-0.2, -0.15) is 0 Å². The molecule has 0 aliphatic heterocycles. The number of amides is 1. The third kappa shape index (κ3) is 3.49. The van der Waals surface area contributed by atoms with Crippen molar-refractivity contribution in [3.63, 3.8) is 0 Å². The molecule has 27 heavy (non-hydrogen) atoms. The summed E-state index contributed by atoms with van der Waals surface area (Å²) in [6.07, 6.45) is 0. The molecule has 0 saturated carbocycles. The van der Waals surface area contributed by atoms with Crippen LogP contribution in [0, 0.1) is 13.8 Å². The third-order valence-electron chi connectivity index (χ3n) is 4.70. The number of hydrogen-bond acceptors (Lipinski definition) is 3. The van der Waals surface area contributed by atoms with Gasteiger partial charge in [-0.25, -0.2) is 4.98 Å². The van der Waals surface area contributed by atoms with Crippen LogP contribution in [0.1, 0.15) is 33.4 Å². The lowest BCUT2D eigenvalue weighted by Gasteiger charge is -2.11. The van der Waals surface area contributed by atoms with Crippen molar-refractivity contribution in [2.75, 3.05) is 0 Å². The van der Waals surface area contributed by atoms with Gasteiger partial charge in [-0.05, 0) is 31.5 Å². The molecule has 2 aromatic carbocycles. The predicted molar refractivity (Wildman–Crippen MR) is 105 cm³/mol. The molecule has 136 valence electrons. The highest BCUT2D eigenvalue weighted by atomic mass is 16.4. The molecule has 2 heterocycles. The maximum Gasteiger partial charge on any atom is 0.268 e. The lowest BCUT2D eigenvalue weighted by molar-refractivity contribution is 0.0938. The van der Waals surface area contributed by atoms with Gasteiger partial charge in [0.15, 0.2) is 0 Å². The fourth-order valence-electron chi connectivity index (χ4n) is 3.20. The van der Waals surface area contributed by atoms with E-state index in [-0.39, 0.29) is 12.5 Å². The first-order chi connectivity index (χ1) is 13.1. The van der Waals surface area contributed by atoms with Crippen molar-refractivity contribution in [1.82, 2.24) is 14.9 Å². The molecular weight excluding hydrogens is 338 g/mol. The highest BCUT2D eigenvalue weighted by Gasteiger charge is 2.16. The Balaban J connectivity index is 1.63. The predicted octanol–water partition coefficient (Wildman–Crippen LogP) is 4.22. The van der Waals surface area contributed by atoms with Crippen LogP contribution in [-0.2, 0) is 13.1 Å². The first-order valence-corrected chi connectivity index (χ1v) is 8.95. The van der Waals surface area contributed by atoms with Gasteiger partial charge < -0.3 is 14.3 Å². The number of fused-ring (bicyclic) bond motifs is 1. The minimum atomic E-state index is -0.143. The van der Waals surface area contributed by atoms with Crippen LogP contribution in [-0.4, -0.2) is 15.5 Å². The number of oxazole rings is 1. The van der Waals surface area contributed by atoms with Crippen LogP contribution in [0.2, 0.25) is 0 Å². The van der Waals surface area contributed by atoms with Gasteiger partial charge in [0.05, 0.1) is 12.2 Å². The Morgan fingerprint density at radius 3 is 2.56 bits per heavy atom. The van der Waals surface area contributed by atoms with Crippen molar-refractivity contribution in [2.45, 2.75) is 26.9 Å². The Bertz CT molecular complexity index is 1070. The van der Waals surface area contributed by atoms with Crippen LogP contribution < -0.4 is 5.32 Å². The van der Waals surface area contributed by atoms with Crippen LogP contribution in [0.15, 0.2) is 65.1 Å². The number of para-hydroxylation sites is 1. The summed E-state index contributed by atoms with van der Waals surface area (Å²) in [6, 6.07) is 20.1. The molecule has 0 fully saturated rings. The molecule has 0 radical (unpaired) electrons. The molecular formula is C22H21N3O2. The van der Waals surface area contributed by atoms with Crippen molar-refractivity contribution < 1.29 is 9.21 Å². The largest absolute Gasteiger partial charge is 0.444 e. The molecule has 0 aliphatic carbocycles. The van der Waals surface area contributed by atoms with Crippen LogP contribution in [0.4, 0.5) is 0 Å². The van der Waals surface area contributed by atoms with E-state index in [1.807, 2.05) is 66.9 Å². The fraction of sp³-hybridized carbons (Fsp3) is 0.182. The molecule has 2 aromatic heterocycles. The molecule has 1 amide bonds. The molecule has 1 N–H and O–H groups in total. The van der Waals surface area contributed by atoms with Crippen molar-refractivity contribution >= 4 is 16.8 Å². The van der Waals surface area contributed by atoms with Gasteiger partial charge in [0, 0.05) is 17.4 Å². The molecule has 0 spiro atoms. The van der Waals surface area contributed by atoms with Crippen LogP contribution in [0.3, 0.4) is 0 Å². The van der Waals surface area contributed by atoms with E-state index >= 15 is 0 Å². The van der Waals surface area contributed by atoms with Gasteiger partial charge in [0.25, 0.3) is 5.91 Å². The number of hydrogen-bond donors (Lipinski definition) is 1. The van der Waals surface area contributed by atoms with Crippen molar-refractivity contribution in [2.24, 2.45) is 0 Å². The summed E-state index contributed by atoms with van der Waals surface area (Å²) in [7, 11) is 0. The summed E-state index contributed by atoms with van der Waals surface area (Å²) in [4.78, 5) is 17.2. The second-order valence-electron chi connectivity index (χ2n) is 6.59. The van der Waals surface area contributed by atoms with Gasteiger partial charge in [-0.15, -0.1) is 0 Å². The Morgan fingerprint density at radius 1 is 1.07 bits per heavy atom. The van der Waals surface area contributed by atoms with Crippen molar-refractivity contribution in [3.05, 3.63) is 89.3 Å². The average molecular weight is 359 g/mol. The van der Waals surface area contributed by atoms with Crippen LogP contribution in [0.25, 0.3) is 10.9 Å². The quantitative estimate of drug-likeness (QED) is 0.580. The van der Waals surface area contributed by atoms with Gasteiger partial charge in [0.1, 0.15) is 11.5 Å². The lowest BCUT2D eigenvalue weighted by atomic mass is 10.2. The standard InChI is InChI=1S/C22H21N3O2/c1-15-16(2)27-21(24-15)13-23-22(26)20-12-18-10-6-7-11-19(18)25(20)14-17-8-4-3-5-9-17/h3-12H,13-14H2,1-2H3,(H,23,26). The summed E-state index contributed by atoms with van der Waals surface area (Å²) in [6.45, 7) is 4.65. The fourth-order valence-corrected chi connectivity index (χ4v) is 3.20. The SMILES string of the molecule is Cc1nc(CNC(=O)c2cc3ccccc3n2Cc2ccccc2)oc1C. The smallest absolute Gasteiger partial charge is 0.268 e. The monoisotopic (exact) mass is 359 g/mol. The van der Waals surface area contributed by atoms with Gasteiger partial charge in [-0.1, -0.05) is 48.5 Å². The molecule has 5 heteroatoms. The molecule has 0 saturated heterocycles. The molecule has 5 nitrogen and oxygen atoms in total. The van der Waals surface area contributed by atoms with E-state index < -0.39 is 0 Å². The summed E-state index contributed by atoms with van der Waals surface area (Å²) in [5, 5.41) is 3.97. The van der Waals surface area contributed by atoms with Crippen molar-refractivity contribution in [1.29, 1.82) is 0 Å². The van der Waals surface area contributed by atoms with E-state index in [1.165, 1.54) is 0 Å². The normalized spacial score (nSPS) is 11.0. The summed E-state index contributed by atoms with van der Waals surface area (Å²) in [5.41, 5.74) is 3.65. The topological polar surface area (TPSA) is 60.1 Å². The van der Waals surface area contributed by atoms with Gasteiger partial charge in [0.2, 0.25) is 5.89 Å². The Labute approximate surface area is 157 Å². The summed E-state index contributed by atoms with van der Waals surface area (Å²) in [5.74, 6) is 1.15. The lowest BCUT2D eigenvalue weighted by Crippen LogP contribution is -2.25. The molecule has 0 unspecified atom stereocenters. The first-order valence-electron chi connectivity index (χ1n) is 8.95. The number of aromatic nitrogens is 2. The number of nitrogens with zero attached hydrogens (tertiary/aromatic N) is 2. The van der Waals surface area contributed by atoms with E-state index in [2.05, 4.69) is 22.4 Å². The minimum Gasteiger partial charge on any atom is -0.444 e. The van der Waals surface area contributed by atoms with E-state index in [1.54, 1.807) is 0 Å². The third-order valence-corrected chi connectivity index (χ3v) is 4.70. The van der Waals surface area contributed by atoms with E-state index in [0.29, 0.717) is 18.1 Å². The zero-order valence-electron chi connectivity index (χ0n) is 15.4. The second kappa shape index (κ2) is 7.11. The number of nitrogens with one attached hydrogen (secondary N) is 1. The highest BCUT2D eigenvalue weighted by molar-refractivity contribution is 5.98. The maximum absolute atomic E-state index is 12.9. The minimum absolute atomic E-state index is 0.143. The second-order valence-corrected chi connectivity index (χ2v) is 6.59. The van der Waals surface area contributed by atoms with E-state index in [4.69, 9.17) is 4.42 Å². The zero-order valence-corrected chi connectivity index (χ0v) is 15.4. The molecule has 0 atom stereocenters.